The van der Waals surface area contributed by atoms with Crippen molar-refractivity contribution in [3.63, 3.8) is 0 Å². The van der Waals surface area contributed by atoms with Gasteiger partial charge in [0, 0.05) is 30.4 Å². The maximum atomic E-state index is 12.6. The van der Waals surface area contributed by atoms with Crippen molar-refractivity contribution in [1.82, 2.24) is 9.29 Å². The van der Waals surface area contributed by atoms with E-state index in [9.17, 15) is 8.42 Å². The van der Waals surface area contributed by atoms with Crippen molar-refractivity contribution < 1.29 is 8.42 Å². The van der Waals surface area contributed by atoms with E-state index in [1.54, 1.807) is 24.4 Å². The molecular formula is C13H17ClN2O2S. The second-order valence-electron chi connectivity index (χ2n) is 4.62. The second kappa shape index (κ2) is 6.03. The number of pyridine rings is 1. The van der Waals surface area contributed by atoms with Gasteiger partial charge in [-0.1, -0.05) is 6.08 Å². The monoisotopic (exact) mass is 300 g/mol. The summed E-state index contributed by atoms with van der Waals surface area (Å²) in [6, 6.07) is 3.13. The van der Waals surface area contributed by atoms with Gasteiger partial charge in [-0.3, -0.25) is 4.98 Å². The van der Waals surface area contributed by atoms with Gasteiger partial charge in [-0.15, -0.1) is 18.2 Å². The Bertz CT molecular complexity index is 533. The first kappa shape index (κ1) is 14.5. The van der Waals surface area contributed by atoms with Gasteiger partial charge in [-0.2, -0.15) is 4.31 Å². The van der Waals surface area contributed by atoms with Gasteiger partial charge in [0.15, 0.2) is 0 Å². The molecule has 0 aromatic carbocycles. The highest BCUT2D eigenvalue weighted by molar-refractivity contribution is 7.89. The molecule has 1 heterocycles. The molecule has 1 saturated carbocycles. The summed E-state index contributed by atoms with van der Waals surface area (Å²) >= 11 is 6.09. The molecule has 2 unspecified atom stereocenters. The van der Waals surface area contributed by atoms with Crippen LogP contribution in [-0.2, 0) is 10.0 Å². The average Bonchev–Trinajstić information content (AvgIpc) is 2.83. The van der Waals surface area contributed by atoms with Crippen molar-refractivity contribution in [1.29, 1.82) is 0 Å². The van der Waals surface area contributed by atoms with E-state index in [2.05, 4.69) is 11.6 Å². The van der Waals surface area contributed by atoms with E-state index >= 15 is 0 Å². The molecule has 6 heteroatoms. The van der Waals surface area contributed by atoms with Gasteiger partial charge in [0.05, 0.1) is 0 Å². The van der Waals surface area contributed by atoms with Gasteiger partial charge in [0.2, 0.25) is 10.0 Å². The van der Waals surface area contributed by atoms with Crippen molar-refractivity contribution in [2.75, 3.05) is 6.54 Å². The van der Waals surface area contributed by atoms with Gasteiger partial charge in [-0.25, -0.2) is 8.42 Å². The van der Waals surface area contributed by atoms with Crippen molar-refractivity contribution >= 4 is 21.6 Å². The highest BCUT2D eigenvalue weighted by Crippen LogP contribution is 2.31. The lowest BCUT2D eigenvalue weighted by Gasteiger charge is -2.26. The summed E-state index contributed by atoms with van der Waals surface area (Å²) in [7, 11) is -3.53. The summed E-state index contributed by atoms with van der Waals surface area (Å²) in [6.07, 6.45) is 6.87. The lowest BCUT2D eigenvalue weighted by atomic mass is 10.2. The Kier molecular flexibility index (Phi) is 4.60. The molecule has 0 amide bonds. The van der Waals surface area contributed by atoms with Crippen LogP contribution in [0.15, 0.2) is 42.1 Å². The third-order valence-electron chi connectivity index (χ3n) is 3.30. The maximum absolute atomic E-state index is 12.6. The predicted octanol–water partition coefficient (Wildman–Crippen LogP) is 2.42. The second-order valence-corrected chi connectivity index (χ2v) is 7.12. The Morgan fingerprint density at radius 2 is 2.32 bits per heavy atom. The van der Waals surface area contributed by atoms with E-state index in [0.29, 0.717) is 13.0 Å². The quantitative estimate of drug-likeness (QED) is 0.620. The number of sulfonamides is 1. The molecule has 2 rings (SSSR count). The Balaban J connectivity index is 2.31. The van der Waals surface area contributed by atoms with Crippen LogP contribution in [0.3, 0.4) is 0 Å². The van der Waals surface area contributed by atoms with Crippen LogP contribution in [0, 0.1) is 0 Å². The van der Waals surface area contributed by atoms with Crippen LogP contribution in [0.5, 0.6) is 0 Å². The van der Waals surface area contributed by atoms with Crippen molar-refractivity contribution in [2.45, 2.75) is 35.6 Å². The molecule has 4 nitrogen and oxygen atoms in total. The fourth-order valence-corrected chi connectivity index (χ4v) is 4.30. The molecule has 1 fully saturated rings. The normalized spacial score (nSPS) is 23.7. The standard InChI is InChI=1S/C13H17ClN2O2S/c1-2-8-16(12-6-5-11(14)9-12)19(17,18)13-4-3-7-15-10-13/h2-4,7,10-12H,1,5-6,8-9H2. The average molecular weight is 301 g/mol. The van der Waals surface area contributed by atoms with E-state index < -0.39 is 10.0 Å². The molecule has 1 aromatic rings. The van der Waals surface area contributed by atoms with Gasteiger partial charge < -0.3 is 0 Å². The molecule has 1 aromatic heterocycles. The third-order valence-corrected chi connectivity index (χ3v) is 5.60. The lowest BCUT2D eigenvalue weighted by Crippen LogP contribution is -2.39. The molecule has 104 valence electrons. The van der Waals surface area contributed by atoms with Crippen molar-refractivity contribution in [3.8, 4) is 0 Å². The number of rotatable bonds is 5. The molecule has 1 aliphatic rings. The van der Waals surface area contributed by atoms with Crippen LogP contribution in [0.4, 0.5) is 0 Å². The van der Waals surface area contributed by atoms with Crippen molar-refractivity contribution in [2.24, 2.45) is 0 Å². The first-order valence-corrected chi connectivity index (χ1v) is 8.10. The summed E-state index contributed by atoms with van der Waals surface area (Å²) in [5, 5.41) is 0.0569. The lowest BCUT2D eigenvalue weighted by molar-refractivity contribution is 0.348. The Hall–Kier alpha value is -0.910. The summed E-state index contributed by atoms with van der Waals surface area (Å²) in [5.41, 5.74) is 0. The number of hydrogen-bond donors (Lipinski definition) is 0. The molecule has 0 aliphatic heterocycles. The summed E-state index contributed by atoms with van der Waals surface area (Å²) in [4.78, 5) is 4.09. The molecular weight excluding hydrogens is 284 g/mol. The van der Waals surface area contributed by atoms with Gasteiger partial charge in [0.25, 0.3) is 0 Å². The van der Waals surface area contributed by atoms with Crippen LogP contribution in [0.2, 0.25) is 0 Å². The van der Waals surface area contributed by atoms with Crippen LogP contribution in [0.25, 0.3) is 0 Å². The third kappa shape index (κ3) is 3.16. The molecule has 1 aliphatic carbocycles. The number of halogens is 1. The van der Waals surface area contributed by atoms with E-state index in [1.165, 1.54) is 10.5 Å². The largest absolute Gasteiger partial charge is 0.263 e. The molecule has 2 atom stereocenters. The highest BCUT2D eigenvalue weighted by atomic mass is 35.5. The van der Waals surface area contributed by atoms with E-state index in [4.69, 9.17) is 11.6 Å². The first-order valence-electron chi connectivity index (χ1n) is 6.22. The SMILES string of the molecule is C=CCN(C1CCC(Cl)C1)S(=O)(=O)c1cccnc1. The number of aromatic nitrogens is 1. The Morgan fingerprint density at radius 1 is 1.53 bits per heavy atom. The number of nitrogens with zero attached hydrogens (tertiary/aromatic N) is 2. The molecule has 0 saturated heterocycles. The van der Waals surface area contributed by atoms with E-state index in [0.717, 1.165) is 12.8 Å². The van der Waals surface area contributed by atoms with Gasteiger partial charge in [0.1, 0.15) is 4.90 Å². The van der Waals surface area contributed by atoms with Gasteiger partial charge in [-0.05, 0) is 31.4 Å². The number of alkyl halides is 1. The Labute approximate surface area is 119 Å². The first-order chi connectivity index (χ1) is 9.05. The zero-order valence-electron chi connectivity index (χ0n) is 10.6. The molecule has 0 N–H and O–H groups in total. The zero-order chi connectivity index (χ0) is 13.9. The highest BCUT2D eigenvalue weighted by Gasteiger charge is 2.35. The molecule has 0 bridgehead atoms. The Morgan fingerprint density at radius 3 is 2.84 bits per heavy atom. The fourth-order valence-electron chi connectivity index (χ4n) is 2.37. The van der Waals surface area contributed by atoms with Crippen molar-refractivity contribution in [3.05, 3.63) is 37.2 Å². The minimum Gasteiger partial charge on any atom is -0.263 e. The summed E-state index contributed by atoms with van der Waals surface area (Å²) in [6.45, 7) is 3.94. The molecule has 0 spiro atoms. The van der Waals surface area contributed by atoms with Crippen LogP contribution in [-0.4, -0.2) is 35.7 Å². The summed E-state index contributed by atoms with van der Waals surface area (Å²) < 4.78 is 26.7. The molecule has 0 radical (unpaired) electrons. The van der Waals surface area contributed by atoms with E-state index in [1.807, 2.05) is 0 Å². The summed E-state index contributed by atoms with van der Waals surface area (Å²) in [5.74, 6) is 0. The topological polar surface area (TPSA) is 50.3 Å². The smallest absolute Gasteiger partial charge is 0.245 e. The van der Waals surface area contributed by atoms with E-state index in [-0.39, 0.29) is 16.3 Å². The fraction of sp³-hybridized carbons (Fsp3) is 0.462. The van der Waals surface area contributed by atoms with Crippen LogP contribution in [0.1, 0.15) is 19.3 Å². The minimum atomic E-state index is -3.53. The number of hydrogen-bond acceptors (Lipinski definition) is 3. The predicted molar refractivity (Wildman–Crippen MR) is 75.6 cm³/mol. The zero-order valence-corrected chi connectivity index (χ0v) is 12.1. The van der Waals surface area contributed by atoms with Crippen LogP contribution >= 0.6 is 11.6 Å². The maximum Gasteiger partial charge on any atom is 0.245 e. The van der Waals surface area contributed by atoms with Gasteiger partial charge >= 0.3 is 0 Å². The van der Waals surface area contributed by atoms with Crippen LogP contribution < -0.4 is 0 Å². The minimum absolute atomic E-state index is 0.0503. The molecule has 19 heavy (non-hydrogen) atoms.